The van der Waals surface area contributed by atoms with Gasteiger partial charge in [-0.2, -0.15) is 4.31 Å². The zero-order valence-corrected chi connectivity index (χ0v) is 17.4. The molecule has 5 nitrogen and oxygen atoms in total. The van der Waals surface area contributed by atoms with Gasteiger partial charge in [0, 0.05) is 32.2 Å². The third kappa shape index (κ3) is 4.62. The molecule has 0 unspecified atom stereocenters. The molecule has 3 rings (SSSR count). The second-order valence-electron chi connectivity index (χ2n) is 7.45. The van der Waals surface area contributed by atoms with Gasteiger partial charge >= 0.3 is 0 Å². The van der Waals surface area contributed by atoms with E-state index in [2.05, 4.69) is 0 Å². The molecule has 6 heteroatoms. The number of carbonyl (C=O) groups excluding carboxylic acids is 1. The summed E-state index contributed by atoms with van der Waals surface area (Å²) >= 11 is 0. The van der Waals surface area contributed by atoms with Gasteiger partial charge in [0.25, 0.3) is 5.91 Å². The average molecular weight is 401 g/mol. The molecule has 0 atom stereocenters. The van der Waals surface area contributed by atoms with E-state index in [9.17, 15) is 13.2 Å². The summed E-state index contributed by atoms with van der Waals surface area (Å²) in [6, 6.07) is 14.7. The Bertz CT molecular complexity index is 918. The highest BCUT2D eigenvalue weighted by Gasteiger charge is 2.27. The molecule has 0 aromatic heterocycles. The van der Waals surface area contributed by atoms with E-state index < -0.39 is 10.0 Å². The third-order valence-corrected chi connectivity index (χ3v) is 7.27. The summed E-state index contributed by atoms with van der Waals surface area (Å²) in [4.78, 5) is 14.7. The SMILES string of the molecule is Cc1ccc(C(=O)N(C)Cc2ccccc2)cc1S(=O)(=O)N1CCCCCC1. The first-order valence-corrected chi connectivity index (χ1v) is 11.2. The molecule has 0 bridgehead atoms. The largest absolute Gasteiger partial charge is 0.337 e. The summed E-state index contributed by atoms with van der Waals surface area (Å²) in [6.07, 6.45) is 3.90. The molecule has 0 saturated carbocycles. The second-order valence-corrected chi connectivity index (χ2v) is 9.35. The minimum atomic E-state index is -3.59. The average Bonchev–Trinajstić information content (AvgIpc) is 2.98. The molecule has 1 aliphatic heterocycles. The molecule has 1 aliphatic rings. The van der Waals surface area contributed by atoms with Gasteiger partial charge in [-0.15, -0.1) is 0 Å². The molecule has 1 heterocycles. The summed E-state index contributed by atoms with van der Waals surface area (Å²) < 4.78 is 28.0. The maximum Gasteiger partial charge on any atom is 0.253 e. The van der Waals surface area contributed by atoms with E-state index in [1.807, 2.05) is 30.3 Å². The number of benzene rings is 2. The van der Waals surface area contributed by atoms with E-state index in [1.54, 1.807) is 41.4 Å². The van der Waals surface area contributed by atoms with E-state index >= 15 is 0 Å². The lowest BCUT2D eigenvalue weighted by molar-refractivity contribution is 0.0785. The molecular formula is C22H28N2O3S. The van der Waals surface area contributed by atoms with Crippen molar-refractivity contribution < 1.29 is 13.2 Å². The minimum absolute atomic E-state index is 0.184. The molecule has 28 heavy (non-hydrogen) atoms. The zero-order chi connectivity index (χ0) is 20.1. The van der Waals surface area contributed by atoms with Crippen LogP contribution in [0.15, 0.2) is 53.4 Å². The highest BCUT2D eigenvalue weighted by molar-refractivity contribution is 7.89. The molecule has 1 amide bonds. The molecular weight excluding hydrogens is 372 g/mol. The van der Waals surface area contributed by atoms with Crippen molar-refractivity contribution in [2.45, 2.75) is 44.0 Å². The van der Waals surface area contributed by atoms with Gasteiger partial charge in [0.2, 0.25) is 10.0 Å². The standard InChI is InChI=1S/C22H28N2O3S/c1-18-12-13-20(22(25)23(2)17-19-10-6-5-7-11-19)16-21(18)28(26,27)24-14-8-3-4-9-15-24/h5-7,10-13,16H,3-4,8-9,14-15,17H2,1-2H3. The van der Waals surface area contributed by atoms with Gasteiger partial charge in [-0.25, -0.2) is 8.42 Å². The number of rotatable bonds is 5. The van der Waals surface area contributed by atoms with Crippen LogP contribution in [0.5, 0.6) is 0 Å². The van der Waals surface area contributed by atoms with Crippen molar-refractivity contribution in [1.29, 1.82) is 0 Å². The molecule has 150 valence electrons. The Morgan fingerprint density at radius 1 is 1.00 bits per heavy atom. The molecule has 2 aromatic rings. The number of amides is 1. The number of hydrogen-bond donors (Lipinski definition) is 0. The lowest BCUT2D eigenvalue weighted by Gasteiger charge is -2.22. The quantitative estimate of drug-likeness (QED) is 0.766. The Labute approximate surface area is 168 Å². The summed E-state index contributed by atoms with van der Waals surface area (Å²) in [5.74, 6) is -0.184. The number of carbonyl (C=O) groups is 1. The van der Waals surface area contributed by atoms with Crippen LogP contribution in [0.4, 0.5) is 0 Å². The van der Waals surface area contributed by atoms with E-state index in [-0.39, 0.29) is 10.8 Å². The van der Waals surface area contributed by atoms with Crippen LogP contribution in [0, 0.1) is 6.92 Å². The van der Waals surface area contributed by atoms with Crippen LogP contribution in [0.3, 0.4) is 0 Å². The number of hydrogen-bond acceptors (Lipinski definition) is 3. The monoisotopic (exact) mass is 400 g/mol. The van der Waals surface area contributed by atoms with Crippen molar-refractivity contribution in [3.05, 3.63) is 65.2 Å². The van der Waals surface area contributed by atoms with Crippen LogP contribution in [-0.2, 0) is 16.6 Å². The highest BCUT2D eigenvalue weighted by Crippen LogP contribution is 2.24. The maximum absolute atomic E-state index is 13.2. The van der Waals surface area contributed by atoms with Crippen molar-refractivity contribution in [3.63, 3.8) is 0 Å². The molecule has 2 aromatic carbocycles. The third-order valence-electron chi connectivity index (χ3n) is 5.23. The number of aryl methyl sites for hydroxylation is 1. The van der Waals surface area contributed by atoms with E-state index in [1.165, 1.54) is 0 Å². The summed E-state index contributed by atoms with van der Waals surface area (Å²) in [7, 11) is -1.86. The van der Waals surface area contributed by atoms with Gasteiger partial charge in [-0.1, -0.05) is 49.2 Å². The lowest BCUT2D eigenvalue weighted by Crippen LogP contribution is -2.33. The fraction of sp³-hybridized carbons (Fsp3) is 0.409. The molecule has 1 saturated heterocycles. The molecule has 0 N–H and O–H groups in total. The Balaban J connectivity index is 1.85. The van der Waals surface area contributed by atoms with E-state index in [0.29, 0.717) is 30.8 Å². The lowest BCUT2D eigenvalue weighted by atomic mass is 10.1. The highest BCUT2D eigenvalue weighted by atomic mass is 32.2. The summed E-state index contributed by atoms with van der Waals surface area (Å²) in [5.41, 5.74) is 2.10. The van der Waals surface area contributed by atoms with Crippen molar-refractivity contribution in [3.8, 4) is 0 Å². The first-order chi connectivity index (χ1) is 13.4. The number of nitrogens with zero attached hydrogens (tertiary/aromatic N) is 2. The van der Waals surface area contributed by atoms with E-state index in [0.717, 1.165) is 31.2 Å². The Kier molecular flexibility index (Phi) is 6.52. The van der Waals surface area contributed by atoms with Gasteiger partial charge in [-0.05, 0) is 43.0 Å². The normalized spacial score (nSPS) is 15.8. The van der Waals surface area contributed by atoms with Gasteiger partial charge in [0.1, 0.15) is 0 Å². The van der Waals surface area contributed by atoms with Gasteiger partial charge in [-0.3, -0.25) is 4.79 Å². The fourth-order valence-corrected chi connectivity index (χ4v) is 5.35. The van der Waals surface area contributed by atoms with Crippen LogP contribution in [0.25, 0.3) is 0 Å². The summed E-state index contributed by atoms with van der Waals surface area (Å²) in [6.45, 7) is 3.36. The summed E-state index contributed by atoms with van der Waals surface area (Å²) in [5, 5.41) is 0. The first kappa shape index (κ1) is 20.6. The fourth-order valence-electron chi connectivity index (χ4n) is 3.58. The Hall–Kier alpha value is -2.18. The van der Waals surface area contributed by atoms with Gasteiger partial charge in [0.15, 0.2) is 0 Å². The van der Waals surface area contributed by atoms with Crippen LogP contribution < -0.4 is 0 Å². The molecule has 0 radical (unpaired) electrons. The molecule has 0 aliphatic carbocycles. The van der Waals surface area contributed by atoms with Crippen LogP contribution in [0.1, 0.15) is 47.2 Å². The minimum Gasteiger partial charge on any atom is -0.337 e. The maximum atomic E-state index is 13.2. The van der Waals surface area contributed by atoms with Gasteiger partial charge < -0.3 is 4.90 Å². The zero-order valence-electron chi connectivity index (χ0n) is 16.6. The smallest absolute Gasteiger partial charge is 0.253 e. The second kappa shape index (κ2) is 8.88. The van der Waals surface area contributed by atoms with Crippen LogP contribution in [-0.4, -0.2) is 43.7 Å². The van der Waals surface area contributed by atoms with Crippen LogP contribution in [0.2, 0.25) is 0 Å². The number of sulfonamides is 1. The predicted molar refractivity (Wildman–Crippen MR) is 111 cm³/mol. The van der Waals surface area contributed by atoms with Crippen molar-refractivity contribution >= 4 is 15.9 Å². The van der Waals surface area contributed by atoms with Crippen molar-refractivity contribution in [2.24, 2.45) is 0 Å². The first-order valence-electron chi connectivity index (χ1n) is 9.80. The molecule has 1 fully saturated rings. The molecule has 0 spiro atoms. The van der Waals surface area contributed by atoms with Crippen molar-refractivity contribution in [2.75, 3.05) is 20.1 Å². The van der Waals surface area contributed by atoms with Crippen molar-refractivity contribution in [1.82, 2.24) is 9.21 Å². The van der Waals surface area contributed by atoms with E-state index in [4.69, 9.17) is 0 Å². The van der Waals surface area contributed by atoms with Crippen LogP contribution >= 0.6 is 0 Å². The predicted octanol–water partition coefficient (Wildman–Crippen LogP) is 3.83. The Morgan fingerprint density at radius 3 is 2.29 bits per heavy atom. The topological polar surface area (TPSA) is 57.7 Å². The Morgan fingerprint density at radius 2 is 1.64 bits per heavy atom. The van der Waals surface area contributed by atoms with Gasteiger partial charge in [0.05, 0.1) is 4.90 Å².